The van der Waals surface area contributed by atoms with Gasteiger partial charge in [0.15, 0.2) is 0 Å². The van der Waals surface area contributed by atoms with E-state index in [0.29, 0.717) is 5.56 Å². The molecule has 0 aliphatic rings. The van der Waals surface area contributed by atoms with Crippen molar-refractivity contribution in [2.24, 2.45) is 0 Å². The summed E-state index contributed by atoms with van der Waals surface area (Å²) in [5.74, 6) is -0.221. The molecular formula is C18H19N5O2. The van der Waals surface area contributed by atoms with Crippen LogP contribution in [0.15, 0.2) is 42.7 Å². The first-order valence-corrected chi connectivity index (χ1v) is 7.85. The molecule has 0 spiro atoms. The molecule has 0 fully saturated rings. The van der Waals surface area contributed by atoms with Crippen LogP contribution in [0.25, 0.3) is 10.8 Å². The average molecular weight is 337 g/mol. The molecule has 0 bridgehead atoms. The van der Waals surface area contributed by atoms with Crippen molar-refractivity contribution < 1.29 is 9.59 Å². The Balaban J connectivity index is 1.81. The number of rotatable bonds is 4. The van der Waals surface area contributed by atoms with Crippen LogP contribution in [0, 0.1) is 6.92 Å². The van der Waals surface area contributed by atoms with Crippen LogP contribution in [0.1, 0.15) is 15.9 Å². The Hall–Kier alpha value is -3.22. The molecule has 0 aliphatic carbocycles. The number of carbonyl (C=O) groups excluding carboxylic acids is 2. The minimum Gasteiger partial charge on any atom is -0.347 e. The van der Waals surface area contributed by atoms with Gasteiger partial charge in [-0.05, 0) is 29.3 Å². The molecule has 7 nitrogen and oxygen atoms in total. The fourth-order valence-corrected chi connectivity index (χ4v) is 2.52. The summed E-state index contributed by atoms with van der Waals surface area (Å²) >= 11 is 0. The number of carbonyl (C=O) groups is 2. The second-order valence-corrected chi connectivity index (χ2v) is 5.98. The lowest BCUT2D eigenvalue weighted by Gasteiger charge is -2.09. The van der Waals surface area contributed by atoms with E-state index in [1.165, 1.54) is 15.9 Å². The summed E-state index contributed by atoms with van der Waals surface area (Å²) in [6.07, 6.45) is 1.42. The Labute approximate surface area is 145 Å². The van der Waals surface area contributed by atoms with Crippen molar-refractivity contribution in [2.45, 2.75) is 13.5 Å². The largest absolute Gasteiger partial charge is 0.347 e. The Kier molecular flexibility index (Phi) is 4.47. The molecule has 3 rings (SSSR count). The maximum atomic E-state index is 12.6. The predicted molar refractivity (Wildman–Crippen MR) is 95.4 cm³/mol. The Morgan fingerprint density at radius 3 is 2.56 bits per heavy atom. The molecule has 1 N–H and O–H groups in total. The van der Waals surface area contributed by atoms with Crippen molar-refractivity contribution in [3.63, 3.8) is 0 Å². The van der Waals surface area contributed by atoms with Gasteiger partial charge < -0.3 is 4.90 Å². The smallest absolute Gasteiger partial charge is 0.258 e. The first-order chi connectivity index (χ1) is 12.0. The van der Waals surface area contributed by atoms with Gasteiger partial charge in [0.25, 0.3) is 5.91 Å². The molecule has 1 aromatic heterocycles. The lowest BCUT2D eigenvalue weighted by Crippen LogP contribution is -2.26. The molecule has 25 heavy (non-hydrogen) atoms. The predicted octanol–water partition coefficient (Wildman–Crippen LogP) is 2.08. The summed E-state index contributed by atoms with van der Waals surface area (Å²) in [5.41, 5.74) is 1.67. The second-order valence-electron chi connectivity index (χ2n) is 5.98. The molecular weight excluding hydrogens is 318 g/mol. The molecule has 2 aromatic carbocycles. The van der Waals surface area contributed by atoms with Crippen molar-refractivity contribution in [3.8, 4) is 0 Å². The zero-order chi connectivity index (χ0) is 18.0. The molecule has 0 atom stereocenters. The number of benzene rings is 2. The molecule has 1 heterocycles. The van der Waals surface area contributed by atoms with Crippen molar-refractivity contribution in [2.75, 3.05) is 19.4 Å². The summed E-state index contributed by atoms with van der Waals surface area (Å²) in [6.45, 7) is 2.08. The van der Waals surface area contributed by atoms with Crippen LogP contribution in [-0.4, -0.2) is 45.6 Å². The van der Waals surface area contributed by atoms with Gasteiger partial charge in [-0.2, -0.15) is 0 Å². The van der Waals surface area contributed by atoms with Crippen LogP contribution >= 0.6 is 0 Å². The monoisotopic (exact) mass is 337 g/mol. The summed E-state index contributed by atoms with van der Waals surface area (Å²) in [6, 6.07) is 11.5. The average Bonchev–Trinajstić information content (AvgIpc) is 3.02. The maximum absolute atomic E-state index is 12.6. The third-order valence-corrected chi connectivity index (χ3v) is 3.94. The SMILES string of the molecule is Cc1ccc(C(=O)Nc2ncn(CC(=O)N(C)C)n2)c2ccccc12. The summed E-state index contributed by atoms with van der Waals surface area (Å²) < 4.78 is 1.39. The van der Waals surface area contributed by atoms with Crippen LogP contribution in [-0.2, 0) is 11.3 Å². The van der Waals surface area contributed by atoms with Gasteiger partial charge in [-0.1, -0.05) is 30.3 Å². The normalized spacial score (nSPS) is 10.7. The van der Waals surface area contributed by atoms with Crippen molar-refractivity contribution in [1.82, 2.24) is 19.7 Å². The zero-order valence-corrected chi connectivity index (χ0v) is 14.4. The minimum atomic E-state index is -0.284. The van der Waals surface area contributed by atoms with E-state index in [1.807, 2.05) is 37.3 Å². The van der Waals surface area contributed by atoms with Gasteiger partial charge in [0, 0.05) is 19.7 Å². The number of amides is 2. The van der Waals surface area contributed by atoms with Crippen LogP contribution in [0.3, 0.4) is 0 Å². The number of aryl methyl sites for hydroxylation is 1. The van der Waals surface area contributed by atoms with Crippen molar-refractivity contribution in [1.29, 1.82) is 0 Å². The third kappa shape index (κ3) is 3.50. The number of likely N-dealkylation sites (N-methyl/N-ethyl adjacent to an activating group) is 1. The number of anilines is 1. The van der Waals surface area contributed by atoms with E-state index >= 15 is 0 Å². The molecule has 0 unspecified atom stereocenters. The minimum absolute atomic E-state index is 0.0728. The van der Waals surface area contributed by atoms with Gasteiger partial charge in [-0.3, -0.25) is 14.9 Å². The number of fused-ring (bicyclic) bond motifs is 1. The topological polar surface area (TPSA) is 80.1 Å². The number of hydrogen-bond acceptors (Lipinski definition) is 4. The molecule has 7 heteroatoms. The first-order valence-electron chi connectivity index (χ1n) is 7.85. The standard InChI is InChI=1S/C18H19N5O2/c1-12-8-9-15(14-7-5-4-6-13(12)14)17(25)20-18-19-11-23(21-18)10-16(24)22(2)3/h4-9,11H,10H2,1-3H3,(H,20,21,25). The van der Waals surface area contributed by atoms with Crippen LogP contribution < -0.4 is 5.32 Å². The van der Waals surface area contributed by atoms with Crippen molar-refractivity contribution in [3.05, 3.63) is 53.9 Å². The van der Waals surface area contributed by atoms with E-state index in [0.717, 1.165) is 16.3 Å². The third-order valence-electron chi connectivity index (χ3n) is 3.94. The highest BCUT2D eigenvalue weighted by Crippen LogP contribution is 2.22. The van der Waals surface area contributed by atoms with E-state index in [4.69, 9.17) is 0 Å². The lowest BCUT2D eigenvalue weighted by molar-refractivity contribution is -0.129. The fraction of sp³-hybridized carbons (Fsp3) is 0.222. The fourth-order valence-electron chi connectivity index (χ4n) is 2.52. The van der Waals surface area contributed by atoms with E-state index < -0.39 is 0 Å². The molecule has 0 radical (unpaired) electrons. The maximum Gasteiger partial charge on any atom is 0.258 e. The molecule has 0 saturated carbocycles. The molecule has 3 aromatic rings. The van der Waals surface area contributed by atoms with Gasteiger partial charge in [0.1, 0.15) is 12.9 Å². The quantitative estimate of drug-likeness (QED) is 0.790. The van der Waals surface area contributed by atoms with Crippen molar-refractivity contribution >= 4 is 28.5 Å². The Bertz CT molecular complexity index is 946. The molecule has 0 aliphatic heterocycles. The highest BCUT2D eigenvalue weighted by atomic mass is 16.2. The Morgan fingerprint density at radius 1 is 1.12 bits per heavy atom. The van der Waals surface area contributed by atoms with E-state index in [1.54, 1.807) is 20.2 Å². The highest BCUT2D eigenvalue weighted by Gasteiger charge is 2.14. The van der Waals surface area contributed by atoms with E-state index in [2.05, 4.69) is 15.4 Å². The number of nitrogens with zero attached hydrogens (tertiary/aromatic N) is 4. The first kappa shape index (κ1) is 16.6. The lowest BCUT2D eigenvalue weighted by atomic mass is 10.00. The van der Waals surface area contributed by atoms with Gasteiger partial charge in [0.2, 0.25) is 11.9 Å². The highest BCUT2D eigenvalue weighted by molar-refractivity contribution is 6.12. The van der Waals surface area contributed by atoms with Crippen LogP contribution in [0.5, 0.6) is 0 Å². The molecule has 128 valence electrons. The van der Waals surface area contributed by atoms with E-state index in [-0.39, 0.29) is 24.3 Å². The summed E-state index contributed by atoms with van der Waals surface area (Å²) in [4.78, 5) is 29.8. The molecule has 0 saturated heterocycles. The number of aromatic nitrogens is 3. The summed E-state index contributed by atoms with van der Waals surface area (Å²) in [7, 11) is 3.34. The number of hydrogen-bond donors (Lipinski definition) is 1. The number of nitrogens with one attached hydrogen (secondary N) is 1. The molecule has 2 amide bonds. The van der Waals surface area contributed by atoms with E-state index in [9.17, 15) is 9.59 Å². The van der Waals surface area contributed by atoms with Crippen LogP contribution in [0.2, 0.25) is 0 Å². The van der Waals surface area contributed by atoms with Gasteiger partial charge >= 0.3 is 0 Å². The Morgan fingerprint density at radius 2 is 1.84 bits per heavy atom. The summed E-state index contributed by atoms with van der Waals surface area (Å²) in [5, 5.41) is 8.72. The zero-order valence-electron chi connectivity index (χ0n) is 14.4. The van der Waals surface area contributed by atoms with Gasteiger partial charge in [-0.25, -0.2) is 9.67 Å². The van der Waals surface area contributed by atoms with Gasteiger partial charge in [-0.15, -0.1) is 5.10 Å². The van der Waals surface area contributed by atoms with Gasteiger partial charge in [0.05, 0.1) is 0 Å². The second kappa shape index (κ2) is 6.72. The van der Waals surface area contributed by atoms with Crippen LogP contribution in [0.4, 0.5) is 5.95 Å².